The van der Waals surface area contributed by atoms with Crippen LogP contribution in [0.4, 0.5) is 0 Å². The van der Waals surface area contributed by atoms with Gasteiger partial charge in [-0.15, -0.1) is 11.3 Å². The third-order valence-electron chi connectivity index (χ3n) is 4.98. The zero-order valence-corrected chi connectivity index (χ0v) is 16.6. The number of thiophene rings is 1. The molecule has 0 aromatic carbocycles. The van der Waals surface area contributed by atoms with Gasteiger partial charge in [-0.05, 0) is 56.7 Å². The number of hydrogen-bond donors (Lipinski definition) is 0. The molecule has 4 aromatic heterocycles. The van der Waals surface area contributed by atoms with Gasteiger partial charge in [-0.3, -0.25) is 0 Å². The Morgan fingerprint density at radius 3 is 2.92 bits per heavy atom. The first-order valence-corrected chi connectivity index (χ1v) is 10.8. The van der Waals surface area contributed by atoms with Crippen molar-refractivity contribution in [1.82, 2.24) is 19.4 Å². The number of aromatic nitrogens is 4. The minimum absolute atomic E-state index is 0.831. The van der Waals surface area contributed by atoms with Gasteiger partial charge in [0, 0.05) is 28.4 Å². The van der Waals surface area contributed by atoms with Crippen LogP contribution in [0.3, 0.4) is 0 Å². The van der Waals surface area contributed by atoms with Gasteiger partial charge in [-0.1, -0.05) is 17.8 Å². The lowest BCUT2D eigenvalue weighted by Gasteiger charge is -2.11. The fraction of sp³-hybridized carbons (Fsp3) is 0.350. The second-order valence-corrected chi connectivity index (χ2v) is 8.96. The highest BCUT2D eigenvalue weighted by molar-refractivity contribution is 7.98. The number of pyridine rings is 1. The Balaban J connectivity index is 1.52. The molecular weight excluding hydrogens is 360 g/mol. The van der Waals surface area contributed by atoms with Crippen molar-refractivity contribution in [3.05, 3.63) is 52.0 Å². The molecule has 4 heterocycles. The Hall–Kier alpha value is -1.92. The molecule has 0 spiro atoms. The molecule has 1 aliphatic carbocycles. The second-order valence-electron chi connectivity index (χ2n) is 6.91. The Kier molecular flexibility index (Phi) is 3.98. The topological polar surface area (TPSA) is 43.1 Å². The molecule has 0 N–H and O–H groups in total. The third kappa shape index (κ3) is 2.72. The summed E-state index contributed by atoms with van der Waals surface area (Å²) in [4.78, 5) is 17.0. The van der Waals surface area contributed by atoms with Crippen LogP contribution in [0.5, 0.6) is 0 Å². The fourth-order valence-electron chi connectivity index (χ4n) is 3.75. The highest BCUT2D eigenvalue weighted by atomic mass is 32.2. The summed E-state index contributed by atoms with van der Waals surface area (Å²) >= 11 is 3.67. The number of imidazole rings is 1. The maximum absolute atomic E-state index is 4.81. The van der Waals surface area contributed by atoms with Gasteiger partial charge in [0.2, 0.25) is 0 Å². The second kappa shape index (κ2) is 6.35. The van der Waals surface area contributed by atoms with Gasteiger partial charge in [0.15, 0.2) is 0 Å². The smallest absolute Gasteiger partial charge is 0.139 e. The fourth-order valence-corrected chi connectivity index (χ4v) is 6.10. The largest absolute Gasteiger partial charge is 0.307 e. The lowest BCUT2D eigenvalue weighted by Crippen LogP contribution is -1.99. The van der Waals surface area contributed by atoms with Crippen LogP contribution in [0.25, 0.3) is 15.9 Å². The lowest BCUT2D eigenvalue weighted by atomic mass is 9.97. The van der Waals surface area contributed by atoms with Crippen LogP contribution in [-0.2, 0) is 18.6 Å². The van der Waals surface area contributed by atoms with Gasteiger partial charge in [0.25, 0.3) is 0 Å². The molecule has 5 rings (SSSR count). The van der Waals surface area contributed by atoms with Gasteiger partial charge in [-0.25, -0.2) is 15.0 Å². The van der Waals surface area contributed by atoms with Gasteiger partial charge >= 0.3 is 0 Å². The SMILES string of the molecule is Cc1nc(SCc2cn3cccc(C)c3n2)c2c3c(sc2n1)CCCC3. The van der Waals surface area contributed by atoms with E-state index in [0.29, 0.717) is 0 Å². The first kappa shape index (κ1) is 16.3. The molecule has 132 valence electrons. The quantitative estimate of drug-likeness (QED) is 0.365. The van der Waals surface area contributed by atoms with Crippen LogP contribution in [0.1, 0.15) is 40.4 Å². The van der Waals surface area contributed by atoms with Crippen molar-refractivity contribution in [3.8, 4) is 0 Å². The van der Waals surface area contributed by atoms with Crippen molar-refractivity contribution in [2.75, 3.05) is 0 Å². The van der Waals surface area contributed by atoms with E-state index >= 15 is 0 Å². The van der Waals surface area contributed by atoms with Crippen LogP contribution in [0, 0.1) is 13.8 Å². The van der Waals surface area contributed by atoms with E-state index in [1.807, 2.05) is 18.3 Å². The molecule has 0 aliphatic heterocycles. The van der Waals surface area contributed by atoms with E-state index in [4.69, 9.17) is 15.0 Å². The molecule has 0 radical (unpaired) electrons. The molecule has 0 unspecified atom stereocenters. The third-order valence-corrected chi connectivity index (χ3v) is 7.17. The number of thioether (sulfide) groups is 1. The van der Waals surface area contributed by atoms with Crippen LogP contribution >= 0.6 is 23.1 Å². The van der Waals surface area contributed by atoms with Crippen molar-refractivity contribution >= 4 is 39.0 Å². The highest BCUT2D eigenvalue weighted by Crippen LogP contribution is 2.40. The molecule has 0 fully saturated rings. The van der Waals surface area contributed by atoms with E-state index < -0.39 is 0 Å². The lowest BCUT2D eigenvalue weighted by molar-refractivity contribution is 0.699. The Morgan fingerprint density at radius 2 is 2.04 bits per heavy atom. The number of fused-ring (bicyclic) bond motifs is 4. The monoisotopic (exact) mass is 380 g/mol. The summed E-state index contributed by atoms with van der Waals surface area (Å²) in [6.45, 7) is 4.10. The average molecular weight is 381 g/mol. The predicted octanol–water partition coefficient (Wildman–Crippen LogP) is 5.13. The minimum atomic E-state index is 0.831. The molecule has 0 amide bonds. The van der Waals surface area contributed by atoms with Gasteiger partial charge in [0.1, 0.15) is 21.3 Å². The van der Waals surface area contributed by atoms with Gasteiger partial charge in [0.05, 0.1) is 5.69 Å². The van der Waals surface area contributed by atoms with Crippen LogP contribution in [0.2, 0.25) is 0 Å². The summed E-state index contributed by atoms with van der Waals surface area (Å²) in [5.41, 5.74) is 4.85. The Labute approximate surface area is 160 Å². The Bertz CT molecular complexity index is 1130. The molecule has 26 heavy (non-hydrogen) atoms. The number of hydrogen-bond acceptors (Lipinski definition) is 5. The molecule has 0 atom stereocenters. The van der Waals surface area contributed by atoms with Crippen molar-refractivity contribution in [2.24, 2.45) is 0 Å². The first-order valence-electron chi connectivity index (χ1n) is 9.04. The van der Waals surface area contributed by atoms with Crippen LogP contribution in [-0.4, -0.2) is 19.4 Å². The van der Waals surface area contributed by atoms with Gasteiger partial charge < -0.3 is 4.40 Å². The van der Waals surface area contributed by atoms with E-state index in [2.05, 4.69) is 35.9 Å². The molecule has 4 nitrogen and oxygen atoms in total. The Morgan fingerprint density at radius 1 is 1.15 bits per heavy atom. The van der Waals surface area contributed by atoms with Crippen LogP contribution in [0.15, 0.2) is 29.6 Å². The molecule has 0 saturated heterocycles. The molecule has 0 saturated carbocycles. The van der Waals surface area contributed by atoms with Crippen LogP contribution < -0.4 is 0 Å². The standard InChI is InChI=1S/C20H20N4S2/c1-12-6-5-9-24-10-14(23-18(12)24)11-25-19-17-15-7-3-4-8-16(15)26-20(17)22-13(2)21-19/h5-6,9-10H,3-4,7-8,11H2,1-2H3. The van der Waals surface area contributed by atoms with Gasteiger partial charge in [-0.2, -0.15) is 0 Å². The van der Waals surface area contributed by atoms with E-state index in [1.165, 1.54) is 47.1 Å². The summed E-state index contributed by atoms with van der Waals surface area (Å²) in [5, 5.41) is 2.43. The maximum atomic E-state index is 4.81. The molecule has 4 aromatic rings. The number of nitrogens with zero attached hydrogens (tertiary/aromatic N) is 4. The molecule has 6 heteroatoms. The zero-order chi connectivity index (χ0) is 17.7. The minimum Gasteiger partial charge on any atom is -0.307 e. The summed E-state index contributed by atoms with van der Waals surface area (Å²) in [6, 6.07) is 4.17. The normalized spacial score (nSPS) is 14.2. The average Bonchev–Trinajstić information content (AvgIpc) is 3.21. The van der Waals surface area contributed by atoms with E-state index in [9.17, 15) is 0 Å². The highest BCUT2D eigenvalue weighted by Gasteiger charge is 2.21. The summed E-state index contributed by atoms with van der Waals surface area (Å²) in [5.74, 6) is 1.70. The zero-order valence-electron chi connectivity index (χ0n) is 15.0. The van der Waals surface area contributed by atoms with Crippen molar-refractivity contribution in [1.29, 1.82) is 0 Å². The van der Waals surface area contributed by atoms with Crippen molar-refractivity contribution < 1.29 is 0 Å². The number of aryl methyl sites for hydroxylation is 4. The van der Waals surface area contributed by atoms with E-state index in [0.717, 1.165) is 32.8 Å². The van der Waals surface area contributed by atoms with E-state index in [1.54, 1.807) is 11.8 Å². The predicted molar refractivity (Wildman–Crippen MR) is 108 cm³/mol. The maximum Gasteiger partial charge on any atom is 0.139 e. The molecule has 1 aliphatic rings. The number of rotatable bonds is 3. The summed E-state index contributed by atoms with van der Waals surface area (Å²) in [6.07, 6.45) is 9.14. The summed E-state index contributed by atoms with van der Waals surface area (Å²) < 4.78 is 2.11. The molecular formula is C20H20N4S2. The van der Waals surface area contributed by atoms with Crippen molar-refractivity contribution in [3.63, 3.8) is 0 Å². The molecule has 0 bridgehead atoms. The van der Waals surface area contributed by atoms with Crippen molar-refractivity contribution in [2.45, 2.75) is 50.3 Å². The van der Waals surface area contributed by atoms with E-state index in [-0.39, 0.29) is 0 Å². The summed E-state index contributed by atoms with van der Waals surface area (Å²) in [7, 11) is 0. The first-order chi connectivity index (χ1) is 12.7.